The number of phenolic OH excluding ortho intramolecular Hbond substituents is 1. The summed E-state index contributed by atoms with van der Waals surface area (Å²) in [6, 6.07) is 6.12. The predicted octanol–water partition coefficient (Wildman–Crippen LogP) is 1.52. The smallest absolute Gasteiger partial charge is 0.408 e. The van der Waals surface area contributed by atoms with Crippen molar-refractivity contribution in [3.05, 3.63) is 29.8 Å². The van der Waals surface area contributed by atoms with E-state index in [4.69, 9.17) is 4.74 Å². The van der Waals surface area contributed by atoms with E-state index in [1.807, 2.05) is 0 Å². The number of carboxylic acid groups (broad SMARTS) is 1. The van der Waals surface area contributed by atoms with Gasteiger partial charge in [0, 0.05) is 6.42 Å². The molecule has 0 spiro atoms. The number of carbonyl (C=O) groups is 2. The lowest BCUT2D eigenvalue weighted by molar-refractivity contribution is -0.143. The van der Waals surface area contributed by atoms with Gasteiger partial charge in [-0.2, -0.15) is 0 Å². The van der Waals surface area contributed by atoms with Gasteiger partial charge in [0.1, 0.15) is 11.3 Å². The average molecular weight is 267 g/mol. The molecule has 0 radical (unpaired) electrons. The summed E-state index contributed by atoms with van der Waals surface area (Å²) >= 11 is 0. The molecule has 1 aromatic carbocycles. The van der Waals surface area contributed by atoms with Crippen LogP contribution in [0.3, 0.4) is 0 Å². The van der Waals surface area contributed by atoms with Crippen molar-refractivity contribution in [3.63, 3.8) is 0 Å². The number of rotatable bonds is 5. The number of hydrogen-bond acceptors (Lipinski definition) is 4. The van der Waals surface area contributed by atoms with Crippen molar-refractivity contribution in [2.24, 2.45) is 0 Å². The van der Waals surface area contributed by atoms with Crippen LogP contribution in [0.1, 0.15) is 19.4 Å². The second-order valence-corrected chi connectivity index (χ2v) is 4.33. The van der Waals surface area contributed by atoms with Gasteiger partial charge < -0.3 is 20.3 Å². The Morgan fingerprint density at radius 2 is 1.89 bits per heavy atom. The zero-order valence-corrected chi connectivity index (χ0v) is 10.8. The third-order valence-electron chi connectivity index (χ3n) is 2.62. The number of aromatic hydroxyl groups is 1. The number of amides is 1. The number of alkyl carbamates (subject to hydrolysis) is 1. The molecule has 19 heavy (non-hydrogen) atoms. The van der Waals surface area contributed by atoms with Gasteiger partial charge in [0.05, 0.1) is 6.61 Å². The Morgan fingerprint density at radius 3 is 2.37 bits per heavy atom. The monoisotopic (exact) mass is 267 g/mol. The summed E-state index contributed by atoms with van der Waals surface area (Å²) in [7, 11) is 0. The van der Waals surface area contributed by atoms with Crippen molar-refractivity contribution in [2.45, 2.75) is 25.8 Å². The molecule has 0 unspecified atom stereocenters. The van der Waals surface area contributed by atoms with Crippen molar-refractivity contribution >= 4 is 12.1 Å². The fourth-order valence-corrected chi connectivity index (χ4v) is 1.59. The maximum Gasteiger partial charge on any atom is 0.408 e. The molecule has 0 bridgehead atoms. The Kier molecular flexibility index (Phi) is 4.74. The minimum atomic E-state index is -1.47. The highest BCUT2D eigenvalue weighted by Gasteiger charge is 2.35. The van der Waals surface area contributed by atoms with Crippen molar-refractivity contribution in [3.8, 4) is 5.75 Å². The summed E-state index contributed by atoms with van der Waals surface area (Å²) in [5, 5.41) is 20.8. The first-order valence-electron chi connectivity index (χ1n) is 5.83. The number of ether oxygens (including phenoxy) is 1. The van der Waals surface area contributed by atoms with Crippen LogP contribution in [-0.4, -0.2) is 34.4 Å². The number of phenols is 1. The predicted molar refractivity (Wildman–Crippen MR) is 68.0 cm³/mol. The summed E-state index contributed by atoms with van der Waals surface area (Å²) in [5.41, 5.74) is -0.789. The fraction of sp³-hybridized carbons (Fsp3) is 0.385. The van der Waals surface area contributed by atoms with E-state index in [2.05, 4.69) is 5.32 Å². The number of carbonyl (C=O) groups excluding carboxylic acids is 1. The van der Waals surface area contributed by atoms with Crippen molar-refractivity contribution in [2.75, 3.05) is 6.61 Å². The van der Waals surface area contributed by atoms with E-state index < -0.39 is 17.6 Å². The first-order chi connectivity index (χ1) is 8.87. The molecule has 6 heteroatoms. The summed E-state index contributed by atoms with van der Waals surface area (Å²) in [6.45, 7) is 3.21. The van der Waals surface area contributed by atoms with Gasteiger partial charge in [0.15, 0.2) is 0 Å². The topological polar surface area (TPSA) is 95.9 Å². The maximum absolute atomic E-state index is 11.4. The van der Waals surface area contributed by atoms with Crippen molar-refractivity contribution in [1.82, 2.24) is 5.32 Å². The van der Waals surface area contributed by atoms with Crippen LogP contribution in [0, 0.1) is 0 Å². The molecule has 0 saturated carbocycles. The van der Waals surface area contributed by atoms with Crippen LogP contribution in [0.2, 0.25) is 0 Å². The molecule has 104 valence electrons. The SMILES string of the molecule is CCOC(=O)N[C@@](C)(Cc1ccc(O)cc1)C(=O)O. The fourth-order valence-electron chi connectivity index (χ4n) is 1.59. The summed E-state index contributed by atoms with van der Waals surface area (Å²) < 4.78 is 4.69. The second kappa shape index (κ2) is 6.08. The maximum atomic E-state index is 11.4. The summed E-state index contributed by atoms with van der Waals surface area (Å²) in [4.78, 5) is 22.7. The van der Waals surface area contributed by atoms with Gasteiger partial charge in [0.2, 0.25) is 0 Å². The largest absolute Gasteiger partial charge is 0.508 e. The first kappa shape index (κ1) is 14.8. The molecule has 6 nitrogen and oxygen atoms in total. The number of hydrogen-bond donors (Lipinski definition) is 3. The second-order valence-electron chi connectivity index (χ2n) is 4.33. The van der Waals surface area contributed by atoms with Crippen LogP contribution in [0.4, 0.5) is 4.79 Å². The number of carboxylic acids is 1. The molecular weight excluding hydrogens is 250 g/mol. The van der Waals surface area contributed by atoms with Crippen molar-refractivity contribution in [1.29, 1.82) is 0 Å². The van der Waals surface area contributed by atoms with Crippen LogP contribution >= 0.6 is 0 Å². The van der Waals surface area contributed by atoms with E-state index in [9.17, 15) is 19.8 Å². The number of aliphatic carboxylic acids is 1. The lowest BCUT2D eigenvalue weighted by Gasteiger charge is -2.25. The molecular formula is C13H17NO5. The van der Waals surface area contributed by atoms with E-state index in [-0.39, 0.29) is 18.8 Å². The van der Waals surface area contributed by atoms with Gasteiger partial charge in [0.25, 0.3) is 0 Å². The Bertz CT molecular complexity index is 457. The lowest BCUT2D eigenvalue weighted by Crippen LogP contribution is -2.53. The van der Waals surface area contributed by atoms with E-state index in [1.54, 1.807) is 19.1 Å². The molecule has 0 aliphatic heterocycles. The molecule has 0 aromatic heterocycles. The number of benzene rings is 1. The molecule has 0 aliphatic carbocycles. The van der Waals surface area contributed by atoms with E-state index in [1.165, 1.54) is 19.1 Å². The highest BCUT2D eigenvalue weighted by atomic mass is 16.5. The first-order valence-corrected chi connectivity index (χ1v) is 5.83. The van der Waals surface area contributed by atoms with Crippen molar-refractivity contribution < 1.29 is 24.5 Å². The Labute approximate surface area is 111 Å². The third-order valence-corrected chi connectivity index (χ3v) is 2.62. The molecule has 0 fully saturated rings. The molecule has 0 heterocycles. The Hall–Kier alpha value is -2.24. The quantitative estimate of drug-likeness (QED) is 0.751. The minimum absolute atomic E-state index is 0.0847. The average Bonchev–Trinajstić information content (AvgIpc) is 2.32. The van der Waals surface area contributed by atoms with Crippen LogP contribution in [-0.2, 0) is 16.0 Å². The van der Waals surface area contributed by atoms with Crippen LogP contribution in [0.5, 0.6) is 5.75 Å². The van der Waals surface area contributed by atoms with Gasteiger partial charge >= 0.3 is 12.1 Å². The van der Waals surface area contributed by atoms with Gasteiger partial charge in [-0.25, -0.2) is 9.59 Å². The normalized spacial score (nSPS) is 13.4. The van der Waals surface area contributed by atoms with Gasteiger partial charge in [-0.1, -0.05) is 12.1 Å². The Balaban J connectivity index is 2.84. The zero-order chi connectivity index (χ0) is 14.5. The van der Waals surface area contributed by atoms with Gasteiger partial charge in [-0.15, -0.1) is 0 Å². The lowest BCUT2D eigenvalue weighted by atomic mass is 9.93. The summed E-state index contributed by atoms with van der Waals surface area (Å²) in [6.07, 6.45) is -0.687. The minimum Gasteiger partial charge on any atom is -0.508 e. The van der Waals surface area contributed by atoms with E-state index >= 15 is 0 Å². The third kappa shape index (κ3) is 4.17. The molecule has 1 aromatic rings. The standard InChI is InChI=1S/C13H17NO5/c1-3-19-12(18)14-13(2,11(16)17)8-9-4-6-10(15)7-5-9/h4-7,15H,3,8H2,1-2H3,(H,14,18)(H,16,17)/t13-/m0/s1. The molecule has 0 saturated heterocycles. The van der Waals surface area contributed by atoms with Crippen LogP contribution < -0.4 is 5.32 Å². The summed E-state index contributed by atoms with van der Waals surface area (Å²) in [5.74, 6) is -1.06. The van der Waals surface area contributed by atoms with E-state index in [0.29, 0.717) is 5.56 Å². The van der Waals surface area contributed by atoms with Crippen LogP contribution in [0.15, 0.2) is 24.3 Å². The molecule has 1 rings (SSSR count). The number of nitrogens with one attached hydrogen (secondary N) is 1. The molecule has 1 amide bonds. The van der Waals surface area contributed by atoms with Crippen LogP contribution in [0.25, 0.3) is 0 Å². The molecule has 1 atom stereocenters. The zero-order valence-electron chi connectivity index (χ0n) is 10.8. The van der Waals surface area contributed by atoms with Gasteiger partial charge in [-0.3, -0.25) is 0 Å². The Morgan fingerprint density at radius 1 is 1.32 bits per heavy atom. The highest BCUT2D eigenvalue weighted by Crippen LogP contribution is 2.17. The highest BCUT2D eigenvalue weighted by molar-refractivity contribution is 5.84. The molecule has 3 N–H and O–H groups in total. The molecule has 0 aliphatic rings. The van der Waals surface area contributed by atoms with E-state index in [0.717, 1.165) is 0 Å². The van der Waals surface area contributed by atoms with Gasteiger partial charge in [-0.05, 0) is 31.5 Å².